The number of carbonyl (C=O) groups is 2. The summed E-state index contributed by atoms with van der Waals surface area (Å²) in [6, 6.07) is 1.99. The first-order valence-electron chi connectivity index (χ1n) is 9.10. The summed E-state index contributed by atoms with van der Waals surface area (Å²) in [6.07, 6.45) is 5.33. The molecule has 7 heteroatoms. The van der Waals surface area contributed by atoms with E-state index in [1.165, 1.54) is 11.3 Å². The topological polar surface area (TPSA) is 78.1 Å². The largest absolute Gasteiger partial charge is 0.352 e. The Hall–Kier alpha value is -1.99. The van der Waals surface area contributed by atoms with E-state index >= 15 is 0 Å². The minimum Gasteiger partial charge on any atom is -0.352 e. The number of Topliss-reactive ketones (excluding diaryl/α,β-unsaturated/α-hetero) is 1. The first-order chi connectivity index (χ1) is 12.5. The van der Waals surface area contributed by atoms with Gasteiger partial charge in [0.05, 0.1) is 23.3 Å². The zero-order chi connectivity index (χ0) is 18.5. The molecule has 0 aliphatic carbocycles. The van der Waals surface area contributed by atoms with Crippen molar-refractivity contribution < 1.29 is 9.59 Å². The van der Waals surface area contributed by atoms with E-state index in [0.29, 0.717) is 11.3 Å². The molecule has 6 nitrogen and oxygen atoms in total. The smallest absolute Gasteiger partial charge is 0.224 e. The van der Waals surface area contributed by atoms with Crippen LogP contribution in [0.15, 0.2) is 17.8 Å². The summed E-state index contributed by atoms with van der Waals surface area (Å²) >= 11 is 1.41. The lowest BCUT2D eigenvalue weighted by molar-refractivity contribution is -0.121. The van der Waals surface area contributed by atoms with Gasteiger partial charge in [-0.3, -0.25) is 14.5 Å². The number of hydrogen-bond donors (Lipinski definition) is 2. The Morgan fingerprint density at radius 3 is 2.96 bits per heavy atom. The molecule has 1 saturated heterocycles. The van der Waals surface area contributed by atoms with Crippen LogP contribution >= 0.6 is 11.3 Å². The second-order valence-corrected chi connectivity index (χ2v) is 7.93. The molecule has 2 aromatic rings. The number of likely N-dealkylation sites (tertiary alicyclic amines) is 1. The van der Waals surface area contributed by atoms with E-state index in [2.05, 4.69) is 20.2 Å². The zero-order valence-corrected chi connectivity index (χ0v) is 16.2. The summed E-state index contributed by atoms with van der Waals surface area (Å²) < 4.78 is 0. The van der Waals surface area contributed by atoms with Gasteiger partial charge < -0.3 is 10.3 Å². The highest BCUT2D eigenvalue weighted by Crippen LogP contribution is 2.17. The third-order valence-electron chi connectivity index (χ3n) is 4.79. The molecule has 26 heavy (non-hydrogen) atoms. The van der Waals surface area contributed by atoms with E-state index in [1.54, 1.807) is 13.3 Å². The molecular weight excluding hydrogens is 348 g/mol. The van der Waals surface area contributed by atoms with Gasteiger partial charge in [-0.15, -0.1) is 11.3 Å². The van der Waals surface area contributed by atoms with Gasteiger partial charge in [-0.05, 0) is 50.2 Å². The molecule has 3 heterocycles. The van der Waals surface area contributed by atoms with Crippen molar-refractivity contribution in [2.24, 2.45) is 0 Å². The molecule has 1 amide bonds. The molecule has 2 N–H and O–H groups in total. The number of aryl methyl sites for hydroxylation is 1. The van der Waals surface area contributed by atoms with Crippen molar-refractivity contribution in [3.8, 4) is 0 Å². The van der Waals surface area contributed by atoms with E-state index in [1.807, 2.05) is 18.4 Å². The molecule has 1 fully saturated rings. The van der Waals surface area contributed by atoms with E-state index < -0.39 is 0 Å². The molecule has 0 unspecified atom stereocenters. The van der Waals surface area contributed by atoms with Crippen LogP contribution in [-0.4, -0.2) is 45.7 Å². The van der Waals surface area contributed by atoms with Gasteiger partial charge in [0.1, 0.15) is 0 Å². The van der Waals surface area contributed by atoms with Crippen molar-refractivity contribution in [3.05, 3.63) is 39.6 Å². The van der Waals surface area contributed by atoms with Crippen LogP contribution in [0.5, 0.6) is 0 Å². The third-order valence-corrected chi connectivity index (χ3v) is 5.87. The van der Waals surface area contributed by atoms with Crippen LogP contribution in [0.1, 0.15) is 52.8 Å². The summed E-state index contributed by atoms with van der Waals surface area (Å²) in [5.41, 5.74) is 3.09. The molecule has 0 saturated carbocycles. The number of carbonyl (C=O) groups excluding carboxylic acids is 2. The van der Waals surface area contributed by atoms with Crippen LogP contribution in [0.25, 0.3) is 0 Å². The number of imidazole rings is 1. The summed E-state index contributed by atoms with van der Waals surface area (Å²) in [6.45, 7) is 6.28. The predicted octanol–water partition coefficient (Wildman–Crippen LogP) is 2.70. The number of amides is 1. The average molecular weight is 375 g/mol. The van der Waals surface area contributed by atoms with Gasteiger partial charge in [0.25, 0.3) is 0 Å². The number of nitrogens with one attached hydrogen (secondary N) is 2. The van der Waals surface area contributed by atoms with Crippen LogP contribution in [0.3, 0.4) is 0 Å². The number of aromatic amines is 1. The van der Waals surface area contributed by atoms with Crippen molar-refractivity contribution in [2.75, 3.05) is 13.1 Å². The summed E-state index contributed by atoms with van der Waals surface area (Å²) in [4.78, 5) is 34.4. The highest BCUT2D eigenvalue weighted by molar-refractivity contribution is 7.12. The minimum atomic E-state index is 0.0284. The van der Waals surface area contributed by atoms with Crippen molar-refractivity contribution >= 4 is 23.0 Å². The Labute approximate surface area is 158 Å². The normalized spacial score (nSPS) is 18.5. The first kappa shape index (κ1) is 18.8. The Kier molecular flexibility index (Phi) is 6.21. The van der Waals surface area contributed by atoms with Crippen LogP contribution < -0.4 is 5.32 Å². The number of hydrogen-bond acceptors (Lipinski definition) is 5. The van der Waals surface area contributed by atoms with Gasteiger partial charge in [-0.1, -0.05) is 6.42 Å². The average Bonchev–Trinajstić information content (AvgIpc) is 3.14. The van der Waals surface area contributed by atoms with Crippen LogP contribution in [0.2, 0.25) is 0 Å². The Bertz CT molecular complexity index is 767. The molecule has 140 valence electrons. The van der Waals surface area contributed by atoms with Crippen molar-refractivity contribution in [2.45, 2.75) is 52.1 Å². The molecule has 1 aliphatic heterocycles. The monoisotopic (exact) mass is 374 g/mol. The van der Waals surface area contributed by atoms with Crippen LogP contribution in [0, 0.1) is 6.92 Å². The summed E-state index contributed by atoms with van der Waals surface area (Å²) in [7, 11) is 0. The third kappa shape index (κ3) is 5.02. The van der Waals surface area contributed by atoms with Crippen molar-refractivity contribution in [3.63, 3.8) is 0 Å². The molecular formula is C19H26N4O2S. The standard InChI is InChI=1S/C19H26N4O2S/c1-13-17(21-12-20-13)10-23-6-4-3-5-16(9-23)22-19(25)8-15-7-18(14(2)24)26-11-15/h7,11-12,16H,3-6,8-10H2,1-2H3,(H,20,21)(H,22,25)/t16-/m1/s1. The van der Waals surface area contributed by atoms with Gasteiger partial charge in [-0.2, -0.15) is 0 Å². The number of ketones is 1. The van der Waals surface area contributed by atoms with Crippen LogP contribution in [0.4, 0.5) is 0 Å². The van der Waals surface area contributed by atoms with Crippen molar-refractivity contribution in [1.29, 1.82) is 0 Å². The molecule has 0 bridgehead atoms. The quantitative estimate of drug-likeness (QED) is 0.762. The minimum absolute atomic E-state index is 0.0284. The van der Waals surface area contributed by atoms with E-state index in [0.717, 1.165) is 55.8 Å². The molecule has 0 aromatic carbocycles. The summed E-state index contributed by atoms with van der Waals surface area (Å²) in [5, 5.41) is 5.08. The fourth-order valence-corrected chi connectivity index (χ4v) is 4.17. The number of nitrogens with zero attached hydrogens (tertiary/aromatic N) is 2. The number of thiophene rings is 1. The fraction of sp³-hybridized carbons (Fsp3) is 0.526. The molecule has 0 spiro atoms. The van der Waals surface area contributed by atoms with Gasteiger partial charge in [0.2, 0.25) is 5.91 Å². The van der Waals surface area contributed by atoms with Crippen molar-refractivity contribution in [1.82, 2.24) is 20.2 Å². The van der Waals surface area contributed by atoms with E-state index in [-0.39, 0.29) is 17.7 Å². The van der Waals surface area contributed by atoms with E-state index in [9.17, 15) is 9.59 Å². The summed E-state index contributed by atoms with van der Waals surface area (Å²) in [5.74, 6) is 0.0791. The lowest BCUT2D eigenvalue weighted by Gasteiger charge is -2.24. The predicted molar refractivity (Wildman–Crippen MR) is 102 cm³/mol. The van der Waals surface area contributed by atoms with Crippen LogP contribution in [-0.2, 0) is 17.8 Å². The maximum absolute atomic E-state index is 12.4. The zero-order valence-electron chi connectivity index (χ0n) is 15.4. The van der Waals surface area contributed by atoms with Gasteiger partial charge >= 0.3 is 0 Å². The fourth-order valence-electron chi connectivity index (χ4n) is 3.36. The molecule has 3 rings (SSSR count). The Morgan fingerprint density at radius 2 is 2.27 bits per heavy atom. The Morgan fingerprint density at radius 1 is 1.42 bits per heavy atom. The van der Waals surface area contributed by atoms with Gasteiger partial charge in [-0.25, -0.2) is 4.98 Å². The maximum Gasteiger partial charge on any atom is 0.224 e. The number of rotatable bonds is 6. The second-order valence-electron chi connectivity index (χ2n) is 7.02. The SMILES string of the molecule is CC(=O)c1cc(CC(=O)N[C@@H]2CCCCN(Cc3nc[nH]c3C)C2)cs1. The molecule has 1 aliphatic rings. The van der Waals surface area contributed by atoms with Gasteiger partial charge in [0.15, 0.2) is 5.78 Å². The number of H-pyrrole nitrogens is 1. The van der Waals surface area contributed by atoms with E-state index in [4.69, 9.17) is 0 Å². The maximum atomic E-state index is 12.4. The lowest BCUT2D eigenvalue weighted by Crippen LogP contribution is -2.43. The number of aromatic nitrogens is 2. The molecule has 0 radical (unpaired) electrons. The Balaban J connectivity index is 1.54. The second kappa shape index (κ2) is 8.60. The highest BCUT2D eigenvalue weighted by Gasteiger charge is 2.21. The molecule has 1 atom stereocenters. The lowest BCUT2D eigenvalue weighted by atomic mass is 10.1. The first-order valence-corrected chi connectivity index (χ1v) is 9.98. The highest BCUT2D eigenvalue weighted by atomic mass is 32.1. The van der Waals surface area contributed by atoms with Gasteiger partial charge in [0, 0.05) is 24.8 Å². The molecule has 2 aromatic heterocycles.